The maximum atomic E-state index is 14.8. The van der Waals surface area contributed by atoms with Gasteiger partial charge in [-0.05, 0) is 85.1 Å². The average Bonchev–Trinajstić information content (AvgIpc) is 4.08. The fourth-order valence-corrected chi connectivity index (χ4v) is 10.2. The first-order valence-electron chi connectivity index (χ1n) is 21.1. The molecule has 3 fully saturated rings. The topological polar surface area (TPSA) is 170 Å². The second-order valence-electron chi connectivity index (χ2n) is 18.9. The molecule has 4 bridgehead atoms. The predicted octanol–water partition coefficient (Wildman–Crippen LogP) is 6.00. The second kappa shape index (κ2) is 16.0. The summed E-state index contributed by atoms with van der Waals surface area (Å²) in [6.45, 7) is 11.6. The number of sulfonamides is 1. The molecule has 2 N–H and O–H groups in total. The van der Waals surface area contributed by atoms with Gasteiger partial charge in [0.15, 0.2) is 0 Å². The lowest BCUT2D eigenvalue weighted by molar-refractivity contribution is -0.155. The fraction of sp³-hybridized carbons (Fsp3) is 0.578. The van der Waals surface area contributed by atoms with E-state index < -0.39 is 74.0 Å². The number of fused-ring (bicyclic) bond motifs is 3. The molecule has 7 rings (SSSR count). The number of para-hydroxylation sites is 1. The highest BCUT2D eigenvalue weighted by molar-refractivity contribution is 7.91. The molecule has 1 saturated heterocycles. The van der Waals surface area contributed by atoms with Gasteiger partial charge in [0.05, 0.1) is 36.3 Å². The van der Waals surface area contributed by atoms with Gasteiger partial charge < -0.3 is 24.3 Å². The molecule has 13 nitrogen and oxygen atoms in total. The van der Waals surface area contributed by atoms with Crippen molar-refractivity contribution in [1.82, 2.24) is 19.5 Å². The van der Waals surface area contributed by atoms with E-state index in [2.05, 4.69) is 30.0 Å². The zero-order valence-corrected chi connectivity index (χ0v) is 35.9. The van der Waals surface area contributed by atoms with Crippen LogP contribution in [0.1, 0.15) is 115 Å². The lowest BCUT2D eigenvalue weighted by Crippen LogP contribution is -2.57. The number of benzene rings is 2. The van der Waals surface area contributed by atoms with Crippen molar-refractivity contribution in [2.24, 2.45) is 22.7 Å². The van der Waals surface area contributed by atoms with Crippen molar-refractivity contribution < 1.29 is 41.9 Å². The number of hydrogen-bond acceptors (Lipinski definition) is 9. The van der Waals surface area contributed by atoms with Crippen molar-refractivity contribution in [2.45, 2.75) is 129 Å². The second-order valence-corrected chi connectivity index (χ2v) is 20.9. The standard InChI is InChI=1S/C45H58N4O9S/c1-7-29-25-45(29,42(54)47-59(55,56)32-19-20-32)46-39(51)36-22-31-26-48(36)40(52)34(43(2,3)4)24-38(50)57-27-44(5,6)21-12-11-14-28-15-13-18-35-33(28)23-37(41(53)58-31)49(35)30-16-9-8-10-17-30/h8-10,13,15-18,23,29,31-32,34,36H,7,11-12,14,19-22,24-27H2,1-6H3,(H,46,51)(H,47,54)/t29-,31-,34-,36+,45-/m1/s1. The number of rotatable bonds is 7. The Kier molecular flexibility index (Phi) is 11.5. The van der Waals surface area contributed by atoms with Crippen molar-refractivity contribution in [2.75, 3.05) is 13.2 Å². The molecule has 0 spiro atoms. The molecule has 3 aromatic rings. The third-order valence-electron chi connectivity index (χ3n) is 12.7. The highest BCUT2D eigenvalue weighted by Crippen LogP contribution is 2.47. The monoisotopic (exact) mass is 830 g/mol. The Morgan fingerprint density at radius 2 is 1.71 bits per heavy atom. The highest BCUT2D eigenvalue weighted by Gasteiger charge is 2.62. The van der Waals surface area contributed by atoms with Gasteiger partial charge in [0.2, 0.25) is 21.8 Å². The van der Waals surface area contributed by atoms with E-state index in [1.807, 2.05) is 80.8 Å². The lowest BCUT2D eigenvalue weighted by atomic mass is 9.77. The SMILES string of the molecule is CC[C@@H]1C[C@]1(NC(=O)[C@@H]1C[C@@H]2CN1C(=O)[C@H](C(C)(C)C)CC(=O)OCC(C)(C)CCCCc1cccc3c1cc(n3-c1ccccc1)C(=O)O2)C(=O)NS(=O)(=O)C1CC1. The smallest absolute Gasteiger partial charge is 0.355 e. The van der Waals surface area contributed by atoms with Crippen LogP contribution in [0.15, 0.2) is 54.6 Å². The van der Waals surface area contributed by atoms with E-state index in [4.69, 9.17) is 9.47 Å². The van der Waals surface area contributed by atoms with Gasteiger partial charge in [0.25, 0.3) is 5.91 Å². The van der Waals surface area contributed by atoms with Crippen molar-refractivity contribution in [3.05, 3.63) is 65.9 Å². The number of cyclic esters (lactones) is 1. The van der Waals surface area contributed by atoms with Crippen molar-refractivity contribution in [3.63, 3.8) is 0 Å². The maximum Gasteiger partial charge on any atom is 0.355 e. The summed E-state index contributed by atoms with van der Waals surface area (Å²) in [4.78, 5) is 72.2. The van der Waals surface area contributed by atoms with Crippen molar-refractivity contribution >= 4 is 50.6 Å². The number of hydrogen-bond donors (Lipinski definition) is 2. The first-order valence-corrected chi connectivity index (χ1v) is 22.6. The van der Waals surface area contributed by atoms with Crippen LogP contribution in [0.25, 0.3) is 16.6 Å². The number of esters is 2. The average molecular weight is 831 g/mol. The molecule has 2 aliphatic heterocycles. The van der Waals surface area contributed by atoms with E-state index in [9.17, 15) is 32.4 Å². The van der Waals surface area contributed by atoms with Gasteiger partial charge in [0, 0.05) is 17.5 Å². The first-order chi connectivity index (χ1) is 27.8. The van der Waals surface area contributed by atoms with Crippen LogP contribution in [0.4, 0.5) is 0 Å². The Hall–Kier alpha value is -4.72. The summed E-state index contributed by atoms with van der Waals surface area (Å²) < 4.78 is 41.8. The molecule has 2 aliphatic carbocycles. The van der Waals surface area contributed by atoms with Crippen LogP contribution in [0.5, 0.6) is 0 Å². The van der Waals surface area contributed by atoms with Crippen LogP contribution in [-0.4, -0.2) is 83.6 Å². The summed E-state index contributed by atoms with van der Waals surface area (Å²) in [6.07, 6.45) is 3.78. The fourth-order valence-electron chi connectivity index (χ4n) is 8.85. The molecule has 318 valence electrons. The largest absolute Gasteiger partial charge is 0.465 e. The molecule has 5 atom stereocenters. The quantitative estimate of drug-likeness (QED) is 0.271. The number of ether oxygens (including phenoxy) is 2. The number of nitrogens with zero attached hydrogens (tertiary/aromatic N) is 2. The third-order valence-corrected chi connectivity index (χ3v) is 14.5. The zero-order valence-electron chi connectivity index (χ0n) is 35.0. The minimum atomic E-state index is -3.90. The van der Waals surface area contributed by atoms with Gasteiger partial charge in [-0.25, -0.2) is 13.2 Å². The normalized spacial score (nSPS) is 26.9. The minimum Gasteiger partial charge on any atom is -0.465 e. The van der Waals surface area contributed by atoms with E-state index in [0.29, 0.717) is 25.0 Å². The van der Waals surface area contributed by atoms with Crippen LogP contribution in [0.3, 0.4) is 0 Å². The van der Waals surface area contributed by atoms with Gasteiger partial charge >= 0.3 is 11.9 Å². The van der Waals surface area contributed by atoms with Crippen molar-refractivity contribution in [3.8, 4) is 5.69 Å². The highest BCUT2D eigenvalue weighted by atomic mass is 32.2. The molecule has 4 aliphatic rings. The van der Waals surface area contributed by atoms with E-state index in [-0.39, 0.29) is 43.7 Å². The number of nitrogens with one attached hydrogen (secondary N) is 2. The van der Waals surface area contributed by atoms with Gasteiger partial charge in [0.1, 0.15) is 23.4 Å². The molecule has 0 unspecified atom stereocenters. The number of aryl methyl sites for hydroxylation is 1. The zero-order chi connectivity index (χ0) is 42.5. The molecule has 59 heavy (non-hydrogen) atoms. The third kappa shape index (κ3) is 8.93. The van der Waals surface area contributed by atoms with Crippen molar-refractivity contribution in [1.29, 1.82) is 0 Å². The van der Waals surface area contributed by atoms with Crippen LogP contribution < -0.4 is 10.0 Å². The van der Waals surface area contributed by atoms with Crippen LogP contribution in [0, 0.1) is 22.7 Å². The minimum absolute atomic E-state index is 0.0789. The summed E-state index contributed by atoms with van der Waals surface area (Å²) in [7, 11) is -3.90. The van der Waals surface area contributed by atoms with Gasteiger partial charge in [-0.15, -0.1) is 0 Å². The summed E-state index contributed by atoms with van der Waals surface area (Å²) in [5, 5.41) is 3.15. The maximum absolute atomic E-state index is 14.8. The van der Waals surface area contributed by atoms with Gasteiger partial charge in [-0.1, -0.05) is 84.7 Å². The van der Waals surface area contributed by atoms with Gasteiger partial charge in [-0.2, -0.15) is 0 Å². The first kappa shape index (κ1) is 42.4. The number of carbonyl (C=O) groups excluding carboxylic acids is 5. The molecule has 3 amide bonds. The molecule has 14 heteroatoms. The van der Waals surface area contributed by atoms with E-state index in [0.717, 1.165) is 47.8 Å². The Morgan fingerprint density at radius 1 is 0.983 bits per heavy atom. The Labute approximate surface area is 347 Å². The lowest BCUT2D eigenvalue weighted by Gasteiger charge is -2.35. The molecule has 2 saturated carbocycles. The van der Waals surface area contributed by atoms with Crippen LogP contribution >= 0.6 is 0 Å². The summed E-state index contributed by atoms with van der Waals surface area (Å²) >= 11 is 0. The van der Waals surface area contributed by atoms with E-state index >= 15 is 0 Å². The number of carbonyl (C=O) groups is 5. The predicted molar refractivity (Wildman–Crippen MR) is 222 cm³/mol. The van der Waals surface area contributed by atoms with Crippen LogP contribution in [-0.2, 0) is 45.1 Å². The molecular weight excluding hydrogens is 773 g/mol. The Balaban J connectivity index is 1.25. The molecular formula is C45H58N4O9S. The Bertz CT molecular complexity index is 2240. The van der Waals surface area contributed by atoms with E-state index in [1.165, 1.54) is 4.90 Å². The summed E-state index contributed by atoms with van der Waals surface area (Å²) in [5.74, 6) is -4.31. The summed E-state index contributed by atoms with van der Waals surface area (Å²) in [5.41, 5.74) is 0.459. The Morgan fingerprint density at radius 3 is 2.37 bits per heavy atom. The molecule has 3 heterocycles. The van der Waals surface area contributed by atoms with Crippen LogP contribution in [0.2, 0.25) is 0 Å². The summed E-state index contributed by atoms with van der Waals surface area (Å²) in [6, 6.07) is 16.2. The number of aromatic nitrogens is 1. The number of amides is 3. The van der Waals surface area contributed by atoms with Gasteiger partial charge in [-0.3, -0.25) is 23.9 Å². The molecule has 2 aromatic carbocycles. The molecule has 1 aromatic heterocycles. The van der Waals surface area contributed by atoms with E-state index in [1.54, 1.807) is 0 Å². The molecule has 0 radical (unpaired) electrons.